The molecule has 0 fully saturated rings. The average molecular weight is 433 g/mol. The lowest BCUT2D eigenvalue weighted by molar-refractivity contribution is -0.123. The van der Waals surface area contributed by atoms with E-state index in [0.29, 0.717) is 23.0 Å². The van der Waals surface area contributed by atoms with Gasteiger partial charge >= 0.3 is 0 Å². The predicted molar refractivity (Wildman–Crippen MR) is 118 cm³/mol. The minimum absolute atomic E-state index is 0.152. The zero-order chi connectivity index (χ0) is 22.5. The maximum atomic E-state index is 12.3. The van der Waals surface area contributed by atoms with E-state index < -0.39 is 6.04 Å². The van der Waals surface area contributed by atoms with Crippen LogP contribution in [0.4, 0.5) is 0 Å². The van der Waals surface area contributed by atoms with Crippen LogP contribution in [0, 0.1) is 0 Å². The molecule has 32 heavy (non-hydrogen) atoms. The molecule has 9 heteroatoms. The lowest BCUT2D eigenvalue weighted by Gasteiger charge is -2.12. The van der Waals surface area contributed by atoms with Crippen molar-refractivity contribution in [3.8, 4) is 28.5 Å². The van der Waals surface area contributed by atoms with E-state index in [1.54, 1.807) is 37.2 Å². The Bertz CT molecular complexity index is 1220. The van der Waals surface area contributed by atoms with E-state index in [9.17, 15) is 4.79 Å². The second-order valence-electron chi connectivity index (χ2n) is 7.00. The van der Waals surface area contributed by atoms with E-state index in [0.717, 1.165) is 17.0 Å². The molecule has 0 unspecified atom stereocenters. The van der Waals surface area contributed by atoms with Crippen LogP contribution in [0.3, 0.4) is 0 Å². The number of benzene rings is 2. The van der Waals surface area contributed by atoms with Gasteiger partial charge in [0.2, 0.25) is 0 Å². The highest BCUT2D eigenvalue weighted by atomic mass is 16.5. The van der Waals surface area contributed by atoms with E-state index in [2.05, 4.69) is 20.4 Å². The first-order chi connectivity index (χ1) is 15.6. The molecule has 1 amide bonds. The molecule has 0 saturated carbocycles. The van der Waals surface area contributed by atoms with Crippen molar-refractivity contribution < 1.29 is 19.0 Å². The molecule has 0 saturated heterocycles. The molecule has 164 valence electrons. The molecule has 1 N–H and O–H groups in total. The lowest BCUT2D eigenvalue weighted by Crippen LogP contribution is -2.31. The maximum absolute atomic E-state index is 12.3. The molecule has 0 aliphatic heterocycles. The summed E-state index contributed by atoms with van der Waals surface area (Å²) in [6, 6.07) is 16.2. The summed E-state index contributed by atoms with van der Waals surface area (Å²) in [4.78, 5) is 21.3. The molecular formula is C23H23N5O4. The van der Waals surface area contributed by atoms with E-state index in [1.807, 2.05) is 49.4 Å². The summed E-state index contributed by atoms with van der Waals surface area (Å²) in [5, 5.41) is 7.27. The zero-order valence-corrected chi connectivity index (χ0v) is 18.0. The van der Waals surface area contributed by atoms with Gasteiger partial charge in [0.05, 0.1) is 26.0 Å². The molecule has 4 aromatic rings. The number of carbonyl (C=O) groups is 1. The third kappa shape index (κ3) is 4.61. The Balaban J connectivity index is 1.42. The van der Waals surface area contributed by atoms with Crippen molar-refractivity contribution in [1.82, 2.24) is 24.9 Å². The number of nitrogens with one attached hydrogen (secondary N) is 1. The number of nitrogens with zero attached hydrogens (tertiary/aromatic N) is 4. The second kappa shape index (κ2) is 9.34. The van der Waals surface area contributed by atoms with Crippen molar-refractivity contribution in [1.29, 1.82) is 0 Å². The topological polar surface area (TPSA) is 99.9 Å². The molecule has 4 rings (SSSR count). The lowest BCUT2D eigenvalue weighted by atomic mass is 10.1. The molecule has 2 aromatic carbocycles. The summed E-state index contributed by atoms with van der Waals surface area (Å²) in [7, 11) is 3.18. The fraction of sp³-hybridized carbons (Fsp3) is 0.217. The van der Waals surface area contributed by atoms with Crippen LogP contribution in [-0.2, 0) is 4.79 Å². The van der Waals surface area contributed by atoms with Gasteiger partial charge < -0.3 is 19.5 Å². The van der Waals surface area contributed by atoms with Crippen molar-refractivity contribution in [2.24, 2.45) is 0 Å². The first-order valence-electron chi connectivity index (χ1n) is 9.99. The van der Waals surface area contributed by atoms with E-state index in [1.165, 1.54) is 0 Å². The van der Waals surface area contributed by atoms with Crippen molar-refractivity contribution >= 4 is 11.6 Å². The molecule has 0 radical (unpaired) electrons. The van der Waals surface area contributed by atoms with Gasteiger partial charge in [-0.1, -0.05) is 12.1 Å². The van der Waals surface area contributed by atoms with Crippen LogP contribution in [0.2, 0.25) is 0 Å². The normalized spacial score (nSPS) is 11.7. The maximum Gasteiger partial charge on any atom is 0.258 e. The summed E-state index contributed by atoms with van der Waals surface area (Å²) < 4.78 is 17.6. The van der Waals surface area contributed by atoms with Crippen LogP contribution in [0.1, 0.15) is 18.8 Å². The third-order valence-corrected chi connectivity index (χ3v) is 4.82. The van der Waals surface area contributed by atoms with E-state index in [-0.39, 0.29) is 12.5 Å². The number of para-hydroxylation sites is 2. The molecule has 2 aromatic heterocycles. The molecule has 9 nitrogen and oxygen atoms in total. The summed E-state index contributed by atoms with van der Waals surface area (Å²) >= 11 is 0. The van der Waals surface area contributed by atoms with Gasteiger partial charge in [-0.2, -0.15) is 0 Å². The third-order valence-electron chi connectivity index (χ3n) is 4.82. The highest BCUT2D eigenvalue weighted by molar-refractivity contribution is 5.78. The number of fused-ring (bicyclic) bond motifs is 1. The van der Waals surface area contributed by atoms with Crippen molar-refractivity contribution in [2.75, 3.05) is 20.8 Å². The Kier molecular flexibility index (Phi) is 6.16. The fourth-order valence-corrected chi connectivity index (χ4v) is 3.14. The Morgan fingerprint density at radius 2 is 1.81 bits per heavy atom. The Morgan fingerprint density at radius 1 is 1.06 bits per heavy atom. The van der Waals surface area contributed by atoms with Gasteiger partial charge in [-0.15, -0.1) is 5.10 Å². The first-order valence-corrected chi connectivity index (χ1v) is 9.99. The minimum Gasteiger partial charge on any atom is -0.497 e. The van der Waals surface area contributed by atoms with Gasteiger partial charge in [-0.25, -0.2) is 14.5 Å². The fourth-order valence-electron chi connectivity index (χ4n) is 3.14. The van der Waals surface area contributed by atoms with Crippen LogP contribution in [-0.4, -0.2) is 46.3 Å². The summed E-state index contributed by atoms with van der Waals surface area (Å²) in [6.07, 6.45) is 1.60. The van der Waals surface area contributed by atoms with Crippen molar-refractivity contribution in [2.45, 2.75) is 13.0 Å². The van der Waals surface area contributed by atoms with Gasteiger partial charge in [-0.3, -0.25) is 4.79 Å². The molecule has 2 heterocycles. The van der Waals surface area contributed by atoms with Gasteiger partial charge in [0.1, 0.15) is 12.1 Å². The largest absolute Gasteiger partial charge is 0.497 e. The van der Waals surface area contributed by atoms with Crippen LogP contribution in [0.25, 0.3) is 16.9 Å². The van der Waals surface area contributed by atoms with Crippen LogP contribution < -0.4 is 19.5 Å². The van der Waals surface area contributed by atoms with Crippen LogP contribution in [0.15, 0.2) is 60.9 Å². The van der Waals surface area contributed by atoms with Crippen molar-refractivity contribution in [3.63, 3.8) is 0 Å². The first kappa shape index (κ1) is 21.1. The molecule has 0 aliphatic carbocycles. The number of ether oxygens (including phenoxy) is 3. The van der Waals surface area contributed by atoms with Gasteiger partial charge in [0, 0.05) is 11.6 Å². The smallest absolute Gasteiger partial charge is 0.258 e. The minimum atomic E-state index is -0.409. The van der Waals surface area contributed by atoms with Crippen molar-refractivity contribution in [3.05, 3.63) is 66.7 Å². The summed E-state index contributed by atoms with van der Waals surface area (Å²) in [5.74, 6) is 2.03. The number of amides is 1. The standard InChI is InChI=1S/C23H23N5O4/c1-15(25-22(29)13-32-20-7-5-4-6-19(20)31-3)23-26-21-12-18(24-14-28(21)27-23)16-8-10-17(30-2)11-9-16/h4-12,14-15H,13H2,1-3H3,(H,25,29)/t15-/m1/s1. The second-order valence-corrected chi connectivity index (χ2v) is 7.00. The number of hydrogen-bond acceptors (Lipinski definition) is 7. The van der Waals surface area contributed by atoms with Crippen LogP contribution in [0.5, 0.6) is 17.2 Å². The van der Waals surface area contributed by atoms with Gasteiger partial charge in [0.25, 0.3) is 5.91 Å². The molecule has 1 atom stereocenters. The predicted octanol–water partition coefficient (Wildman–Crippen LogP) is 3.06. The number of rotatable bonds is 8. The Morgan fingerprint density at radius 3 is 2.53 bits per heavy atom. The Labute approximate surface area is 185 Å². The van der Waals surface area contributed by atoms with Gasteiger partial charge in [0.15, 0.2) is 29.6 Å². The highest BCUT2D eigenvalue weighted by Crippen LogP contribution is 2.25. The monoisotopic (exact) mass is 433 g/mol. The molecular weight excluding hydrogens is 410 g/mol. The van der Waals surface area contributed by atoms with Gasteiger partial charge in [-0.05, 0) is 43.3 Å². The van der Waals surface area contributed by atoms with E-state index >= 15 is 0 Å². The Hall–Kier alpha value is -4.14. The molecule has 0 spiro atoms. The number of aromatic nitrogens is 4. The quantitative estimate of drug-likeness (QED) is 0.456. The summed E-state index contributed by atoms with van der Waals surface area (Å²) in [6.45, 7) is 1.66. The summed E-state index contributed by atoms with van der Waals surface area (Å²) in [5.41, 5.74) is 2.33. The number of hydrogen-bond donors (Lipinski definition) is 1. The number of methoxy groups -OCH3 is 2. The van der Waals surface area contributed by atoms with Crippen LogP contribution >= 0.6 is 0 Å². The molecule has 0 aliphatic rings. The van der Waals surface area contributed by atoms with E-state index in [4.69, 9.17) is 14.2 Å². The molecule has 0 bridgehead atoms. The zero-order valence-electron chi connectivity index (χ0n) is 18.0. The highest BCUT2D eigenvalue weighted by Gasteiger charge is 2.16. The SMILES string of the molecule is COc1ccc(-c2cc3nc([C@@H](C)NC(=O)COc4ccccc4OC)nn3cn2)cc1. The number of carbonyl (C=O) groups excluding carboxylic acids is 1. The average Bonchev–Trinajstić information content (AvgIpc) is 3.26.